The maximum Gasteiger partial charge on any atom is 0.308 e. The lowest BCUT2D eigenvalue weighted by atomic mass is 9.87. The van der Waals surface area contributed by atoms with Crippen LogP contribution in [0, 0.1) is 11.8 Å². The van der Waals surface area contributed by atoms with Crippen LogP contribution in [0.15, 0.2) is 0 Å². The van der Waals surface area contributed by atoms with E-state index in [9.17, 15) is 9.59 Å². The highest BCUT2D eigenvalue weighted by Crippen LogP contribution is 2.27. The number of amides is 1. The van der Waals surface area contributed by atoms with Crippen LogP contribution in [0.3, 0.4) is 0 Å². The van der Waals surface area contributed by atoms with Gasteiger partial charge in [-0.15, -0.1) is 0 Å². The summed E-state index contributed by atoms with van der Waals surface area (Å²) in [6, 6.07) is 0. The second-order valence-electron chi connectivity index (χ2n) is 6.25. The molecule has 0 aliphatic heterocycles. The quantitative estimate of drug-likeness (QED) is 0.733. The summed E-state index contributed by atoms with van der Waals surface area (Å²) in [5, 5.41) is 2.90. The van der Waals surface area contributed by atoms with Crippen molar-refractivity contribution in [3.05, 3.63) is 0 Å². The van der Waals surface area contributed by atoms with E-state index in [1.165, 1.54) is 7.11 Å². The third-order valence-corrected chi connectivity index (χ3v) is 4.00. The van der Waals surface area contributed by atoms with Gasteiger partial charge in [-0.2, -0.15) is 0 Å². The van der Waals surface area contributed by atoms with Crippen molar-refractivity contribution in [2.45, 2.75) is 65.1 Å². The van der Waals surface area contributed by atoms with Crippen molar-refractivity contribution < 1.29 is 19.1 Å². The molecule has 0 aromatic heterocycles. The Morgan fingerprint density at radius 2 is 1.76 bits per heavy atom. The number of hydrogen-bond donors (Lipinski definition) is 1. The van der Waals surface area contributed by atoms with Crippen LogP contribution in [-0.2, 0) is 19.1 Å². The number of carbonyl (C=O) groups is 2. The van der Waals surface area contributed by atoms with E-state index in [0.717, 1.165) is 32.1 Å². The second kappa shape index (κ2) is 9.03. The van der Waals surface area contributed by atoms with Gasteiger partial charge in [0.2, 0.25) is 5.91 Å². The number of esters is 1. The summed E-state index contributed by atoms with van der Waals surface area (Å²) >= 11 is 0. The lowest BCUT2D eigenvalue weighted by Crippen LogP contribution is -2.38. The van der Waals surface area contributed by atoms with Crippen LogP contribution >= 0.6 is 0 Å². The molecule has 1 unspecified atom stereocenters. The van der Waals surface area contributed by atoms with E-state index in [2.05, 4.69) is 19.2 Å². The van der Waals surface area contributed by atoms with Gasteiger partial charge in [-0.05, 0) is 44.9 Å². The summed E-state index contributed by atoms with van der Waals surface area (Å²) in [4.78, 5) is 23.4. The van der Waals surface area contributed by atoms with Gasteiger partial charge in [0.25, 0.3) is 0 Å². The summed E-state index contributed by atoms with van der Waals surface area (Å²) in [5.74, 6) is 0.388. The Morgan fingerprint density at radius 1 is 1.14 bits per heavy atom. The Kier molecular flexibility index (Phi) is 7.72. The summed E-state index contributed by atoms with van der Waals surface area (Å²) in [6.07, 6.45) is 3.78. The minimum Gasteiger partial charge on any atom is -0.469 e. The largest absolute Gasteiger partial charge is 0.469 e. The van der Waals surface area contributed by atoms with E-state index in [0.29, 0.717) is 12.5 Å². The van der Waals surface area contributed by atoms with Crippen LogP contribution in [0.5, 0.6) is 0 Å². The third kappa shape index (κ3) is 6.46. The standard InChI is InChI=1S/C16H29NO4/c1-11(2)9-10-17-15(18)12(3)21-14-7-5-13(6-8-14)16(19)20-4/h11-14H,5-10H2,1-4H3,(H,17,18). The number of nitrogens with one attached hydrogen (secondary N) is 1. The molecule has 1 rings (SSSR count). The van der Waals surface area contributed by atoms with Crippen LogP contribution < -0.4 is 5.32 Å². The van der Waals surface area contributed by atoms with Crippen molar-refractivity contribution in [1.82, 2.24) is 5.32 Å². The predicted octanol–water partition coefficient (Wildman–Crippen LogP) is 2.29. The molecule has 0 spiro atoms. The number of carbonyl (C=O) groups excluding carboxylic acids is 2. The van der Waals surface area contributed by atoms with Crippen molar-refractivity contribution in [2.24, 2.45) is 11.8 Å². The van der Waals surface area contributed by atoms with Crippen molar-refractivity contribution in [1.29, 1.82) is 0 Å². The van der Waals surface area contributed by atoms with E-state index in [-0.39, 0.29) is 23.9 Å². The Morgan fingerprint density at radius 3 is 2.29 bits per heavy atom. The maximum absolute atomic E-state index is 11.9. The molecule has 0 bridgehead atoms. The highest BCUT2D eigenvalue weighted by Gasteiger charge is 2.29. The minimum absolute atomic E-state index is 0.00924. The van der Waals surface area contributed by atoms with E-state index in [1.807, 2.05) is 0 Å². The van der Waals surface area contributed by atoms with Gasteiger partial charge in [0.05, 0.1) is 19.1 Å². The van der Waals surface area contributed by atoms with Gasteiger partial charge in [0.1, 0.15) is 6.10 Å². The van der Waals surface area contributed by atoms with Crippen molar-refractivity contribution in [3.63, 3.8) is 0 Å². The Balaban J connectivity index is 2.25. The average molecular weight is 299 g/mol. The van der Waals surface area contributed by atoms with Gasteiger partial charge in [0.15, 0.2) is 0 Å². The fourth-order valence-electron chi connectivity index (χ4n) is 2.58. The Labute approximate surface area is 127 Å². The van der Waals surface area contributed by atoms with Crippen molar-refractivity contribution in [2.75, 3.05) is 13.7 Å². The molecule has 5 heteroatoms. The van der Waals surface area contributed by atoms with E-state index < -0.39 is 6.10 Å². The molecule has 122 valence electrons. The molecule has 1 N–H and O–H groups in total. The molecule has 0 aromatic carbocycles. The molecule has 0 aromatic rings. The van der Waals surface area contributed by atoms with Crippen molar-refractivity contribution >= 4 is 11.9 Å². The zero-order valence-electron chi connectivity index (χ0n) is 13.7. The van der Waals surface area contributed by atoms with Gasteiger partial charge in [-0.25, -0.2) is 0 Å². The number of ether oxygens (including phenoxy) is 2. The average Bonchev–Trinajstić information content (AvgIpc) is 2.46. The van der Waals surface area contributed by atoms with Crippen LogP contribution in [0.1, 0.15) is 52.9 Å². The highest BCUT2D eigenvalue weighted by molar-refractivity contribution is 5.80. The zero-order valence-corrected chi connectivity index (χ0v) is 13.7. The molecule has 0 heterocycles. The monoisotopic (exact) mass is 299 g/mol. The molecule has 0 saturated heterocycles. The van der Waals surface area contributed by atoms with E-state index >= 15 is 0 Å². The van der Waals surface area contributed by atoms with Crippen LogP contribution in [0.2, 0.25) is 0 Å². The van der Waals surface area contributed by atoms with Gasteiger partial charge in [-0.3, -0.25) is 9.59 Å². The van der Waals surface area contributed by atoms with Gasteiger partial charge in [-0.1, -0.05) is 13.8 Å². The Bertz CT molecular complexity index is 335. The predicted molar refractivity (Wildman–Crippen MR) is 80.8 cm³/mol. The fourth-order valence-corrected chi connectivity index (χ4v) is 2.58. The number of hydrogen-bond acceptors (Lipinski definition) is 4. The zero-order chi connectivity index (χ0) is 15.8. The summed E-state index contributed by atoms with van der Waals surface area (Å²) < 4.78 is 10.6. The number of rotatable bonds is 7. The maximum atomic E-state index is 11.9. The SMILES string of the molecule is COC(=O)C1CCC(OC(C)C(=O)NCCC(C)C)CC1. The van der Waals surface area contributed by atoms with Crippen LogP contribution in [0.4, 0.5) is 0 Å². The van der Waals surface area contributed by atoms with Gasteiger partial charge in [0, 0.05) is 6.54 Å². The van der Waals surface area contributed by atoms with E-state index in [1.54, 1.807) is 6.92 Å². The molecule has 1 aliphatic rings. The topological polar surface area (TPSA) is 64.6 Å². The van der Waals surface area contributed by atoms with E-state index in [4.69, 9.17) is 9.47 Å². The summed E-state index contributed by atoms with van der Waals surface area (Å²) in [6.45, 7) is 6.74. The van der Waals surface area contributed by atoms with Crippen molar-refractivity contribution in [3.8, 4) is 0 Å². The first-order chi connectivity index (χ1) is 9.93. The first-order valence-corrected chi connectivity index (χ1v) is 7.95. The van der Waals surface area contributed by atoms with Gasteiger partial charge >= 0.3 is 5.97 Å². The molecular weight excluding hydrogens is 270 g/mol. The fraction of sp³-hybridized carbons (Fsp3) is 0.875. The molecule has 1 atom stereocenters. The Hall–Kier alpha value is -1.10. The second-order valence-corrected chi connectivity index (χ2v) is 6.25. The molecular formula is C16H29NO4. The summed E-state index contributed by atoms with van der Waals surface area (Å²) in [7, 11) is 1.43. The van der Waals surface area contributed by atoms with Crippen LogP contribution in [-0.4, -0.2) is 37.7 Å². The lowest BCUT2D eigenvalue weighted by molar-refractivity contribution is -0.149. The molecule has 1 amide bonds. The van der Waals surface area contributed by atoms with Crippen LogP contribution in [0.25, 0.3) is 0 Å². The lowest BCUT2D eigenvalue weighted by Gasteiger charge is -2.28. The normalized spacial score (nSPS) is 23.7. The third-order valence-electron chi connectivity index (χ3n) is 4.00. The molecule has 5 nitrogen and oxygen atoms in total. The molecule has 0 radical (unpaired) electrons. The molecule has 21 heavy (non-hydrogen) atoms. The highest BCUT2D eigenvalue weighted by atomic mass is 16.5. The first kappa shape index (κ1) is 18.0. The first-order valence-electron chi connectivity index (χ1n) is 7.95. The molecule has 1 fully saturated rings. The smallest absolute Gasteiger partial charge is 0.308 e. The minimum atomic E-state index is -0.433. The number of methoxy groups -OCH3 is 1. The van der Waals surface area contributed by atoms with Gasteiger partial charge < -0.3 is 14.8 Å². The summed E-state index contributed by atoms with van der Waals surface area (Å²) in [5.41, 5.74) is 0. The molecule has 1 aliphatic carbocycles. The molecule has 1 saturated carbocycles.